The fraction of sp³-hybridized carbons (Fsp3) is 0.211. The summed E-state index contributed by atoms with van der Waals surface area (Å²) < 4.78 is 15.2. The molecule has 1 amide bonds. The van der Waals surface area contributed by atoms with Gasteiger partial charge in [-0.15, -0.1) is 0 Å². The van der Waals surface area contributed by atoms with E-state index in [2.05, 4.69) is 15.4 Å². The zero-order chi connectivity index (χ0) is 19.8. The smallest absolute Gasteiger partial charge is 0.277 e. The summed E-state index contributed by atoms with van der Waals surface area (Å²) in [5.74, 6) is 0.377. The van der Waals surface area contributed by atoms with Crippen LogP contribution in [0.15, 0.2) is 42.7 Å². The number of fused-ring (bicyclic) bond motifs is 1. The highest BCUT2D eigenvalue weighted by Crippen LogP contribution is 2.35. The Morgan fingerprint density at radius 2 is 2.07 bits per heavy atom. The van der Waals surface area contributed by atoms with Crippen LogP contribution in [0.5, 0.6) is 0 Å². The summed E-state index contributed by atoms with van der Waals surface area (Å²) in [5, 5.41) is 7.98. The van der Waals surface area contributed by atoms with Crippen LogP contribution in [0.25, 0.3) is 11.1 Å². The predicted molar refractivity (Wildman–Crippen MR) is 108 cm³/mol. The number of pyridine rings is 1. The molecule has 144 valence electrons. The lowest BCUT2D eigenvalue weighted by atomic mass is 10.0. The number of hydrogen-bond acceptors (Lipinski definition) is 4. The van der Waals surface area contributed by atoms with Gasteiger partial charge in [-0.05, 0) is 35.9 Å². The van der Waals surface area contributed by atoms with Crippen molar-refractivity contribution in [3.63, 3.8) is 0 Å². The maximum atomic E-state index is 13.8. The molecule has 9 heteroatoms. The van der Waals surface area contributed by atoms with Crippen molar-refractivity contribution in [1.29, 1.82) is 0 Å². The molecule has 1 N–H and O–H groups in total. The SMILES string of the molecule is CNc1cc(-c2cnn3c2C(=O)N(c2ccc(Cl)c(Cl)c2)CC3CF)ccn1. The Kier molecular flexibility index (Phi) is 4.95. The highest BCUT2D eigenvalue weighted by atomic mass is 35.5. The quantitative estimate of drug-likeness (QED) is 0.677. The van der Waals surface area contributed by atoms with Crippen LogP contribution in [0.4, 0.5) is 15.9 Å². The normalized spacial score (nSPS) is 16.2. The molecular formula is C19H16Cl2FN5O. The Hall–Kier alpha value is -2.64. The molecule has 1 aliphatic heterocycles. The summed E-state index contributed by atoms with van der Waals surface area (Å²) in [6.45, 7) is -0.503. The number of nitrogens with one attached hydrogen (secondary N) is 1. The molecule has 0 fully saturated rings. The van der Waals surface area contributed by atoms with Crippen LogP contribution in [0.1, 0.15) is 16.5 Å². The number of carbonyl (C=O) groups excluding carboxylic acids is 1. The first-order valence-corrected chi connectivity index (χ1v) is 9.33. The van der Waals surface area contributed by atoms with Gasteiger partial charge in [-0.2, -0.15) is 5.10 Å². The first-order chi connectivity index (χ1) is 13.5. The van der Waals surface area contributed by atoms with Crippen LogP contribution in [0.3, 0.4) is 0 Å². The van der Waals surface area contributed by atoms with Gasteiger partial charge in [0.05, 0.1) is 28.8 Å². The molecule has 0 spiro atoms. The summed E-state index contributed by atoms with van der Waals surface area (Å²) in [4.78, 5) is 19.0. The highest BCUT2D eigenvalue weighted by Gasteiger charge is 2.35. The largest absolute Gasteiger partial charge is 0.373 e. The maximum Gasteiger partial charge on any atom is 0.277 e. The van der Waals surface area contributed by atoms with Crippen molar-refractivity contribution in [3.05, 3.63) is 58.5 Å². The third-order valence-electron chi connectivity index (χ3n) is 4.70. The Bertz CT molecular complexity index is 1050. The Labute approximate surface area is 170 Å². The van der Waals surface area contributed by atoms with Gasteiger partial charge < -0.3 is 10.2 Å². The van der Waals surface area contributed by atoms with Gasteiger partial charge in [0.25, 0.3) is 5.91 Å². The number of rotatable bonds is 4. The van der Waals surface area contributed by atoms with Crippen LogP contribution >= 0.6 is 23.2 Å². The van der Waals surface area contributed by atoms with Crippen LogP contribution < -0.4 is 10.2 Å². The maximum absolute atomic E-state index is 13.8. The second kappa shape index (κ2) is 7.41. The van der Waals surface area contributed by atoms with Gasteiger partial charge in [0.2, 0.25) is 0 Å². The van der Waals surface area contributed by atoms with Gasteiger partial charge in [-0.1, -0.05) is 23.2 Å². The number of carbonyl (C=O) groups is 1. The highest BCUT2D eigenvalue weighted by molar-refractivity contribution is 6.42. The number of halogens is 3. The van der Waals surface area contributed by atoms with Gasteiger partial charge in [0.1, 0.15) is 18.2 Å². The average molecular weight is 420 g/mol. The first-order valence-electron chi connectivity index (χ1n) is 8.58. The Morgan fingerprint density at radius 1 is 1.25 bits per heavy atom. The minimum absolute atomic E-state index is 0.152. The second-order valence-corrected chi connectivity index (χ2v) is 7.17. The van der Waals surface area contributed by atoms with Gasteiger partial charge in [0.15, 0.2) is 0 Å². The molecule has 4 rings (SSSR count). The summed E-state index contributed by atoms with van der Waals surface area (Å²) >= 11 is 12.1. The fourth-order valence-electron chi connectivity index (χ4n) is 3.29. The van der Waals surface area contributed by atoms with E-state index in [1.807, 2.05) is 6.07 Å². The molecule has 3 heterocycles. The molecule has 3 aromatic rings. The standard InChI is InChI=1S/C19H16Cl2FN5O/c1-23-17-6-11(4-5-24-17)14-9-25-27-13(8-22)10-26(19(28)18(14)27)12-2-3-15(20)16(21)7-12/h2-7,9,13H,8,10H2,1H3,(H,23,24). The lowest BCUT2D eigenvalue weighted by molar-refractivity contribution is 0.0946. The van der Waals surface area contributed by atoms with Crippen LogP contribution in [-0.4, -0.2) is 40.9 Å². The number of nitrogens with zero attached hydrogens (tertiary/aromatic N) is 4. The Morgan fingerprint density at radius 3 is 2.79 bits per heavy atom. The topological polar surface area (TPSA) is 63.1 Å². The summed E-state index contributed by atoms with van der Waals surface area (Å²) in [7, 11) is 1.76. The lowest BCUT2D eigenvalue weighted by Gasteiger charge is -2.33. The van der Waals surface area contributed by atoms with Gasteiger partial charge in [-0.25, -0.2) is 9.37 Å². The monoisotopic (exact) mass is 419 g/mol. The van der Waals surface area contributed by atoms with Crippen molar-refractivity contribution in [2.75, 3.05) is 30.5 Å². The number of benzene rings is 1. The summed E-state index contributed by atoms with van der Waals surface area (Å²) in [6, 6.07) is 7.92. The van der Waals surface area contributed by atoms with E-state index in [0.717, 1.165) is 5.56 Å². The van der Waals surface area contributed by atoms with Crippen molar-refractivity contribution in [2.45, 2.75) is 6.04 Å². The molecule has 0 radical (unpaired) electrons. The number of hydrogen-bond donors (Lipinski definition) is 1. The van der Waals surface area contributed by atoms with E-state index in [1.165, 1.54) is 9.58 Å². The number of alkyl halides is 1. The van der Waals surface area contributed by atoms with Crippen molar-refractivity contribution >= 4 is 40.6 Å². The number of aromatic nitrogens is 3. The molecule has 1 atom stereocenters. The zero-order valence-electron chi connectivity index (χ0n) is 14.9. The van der Waals surface area contributed by atoms with E-state index < -0.39 is 12.7 Å². The van der Waals surface area contributed by atoms with Gasteiger partial charge >= 0.3 is 0 Å². The van der Waals surface area contributed by atoms with Crippen LogP contribution in [-0.2, 0) is 0 Å². The minimum Gasteiger partial charge on any atom is -0.373 e. The molecule has 1 aliphatic rings. The summed E-state index contributed by atoms with van der Waals surface area (Å²) in [6.07, 6.45) is 3.23. The van der Waals surface area contributed by atoms with E-state index in [1.54, 1.807) is 43.7 Å². The van der Waals surface area contributed by atoms with E-state index in [-0.39, 0.29) is 12.5 Å². The Balaban J connectivity index is 1.82. The fourth-order valence-corrected chi connectivity index (χ4v) is 3.58. The summed E-state index contributed by atoms with van der Waals surface area (Å²) in [5.41, 5.74) is 2.27. The lowest BCUT2D eigenvalue weighted by Crippen LogP contribution is -2.44. The molecule has 1 unspecified atom stereocenters. The average Bonchev–Trinajstić information content (AvgIpc) is 3.16. The molecule has 0 aliphatic carbocycles. The van der Waals surface area contributed by atoms with Crippen LogP contribution in [0.2, 0.25) is 10.0 Å². The van der Waals surface area contributed by atoms with Crippen molar-refractivity contribution in [2.24, 2.45) is 0 Å². The van der Waals surface area contributed by atoms with Gasteiger partial charge in [0, 0.05) is 24.5 Å². The molecule has 28 heavy (non-hydrogen) atoms. The third-order valence-corrected chi connectivity index (χ3v) is 5.44. The number of amides is 1. The first kappa shape index (κ1) is 18.7. The van der Waals surface area contributed by atoms with Crippen molar-refractivity contribution < 1.29 is 9.18 Å². The molecule has 0 bridgehead atoms. The number of anilines is 2. The molecule has 2 aromatic heterocycles. The van der Waals surface area contributed by atoms with E-state index in [0.29, 0.717) is 32.8 Å². The third kappa shape index (κ3) is 3.10. The molecular weight excluding hydrogens is 404 g/mol. The molecule has 0 saturated heterocycles. The predicted octanol–water partition coefficient (Wildman–Crippen LogP) is 4.46. The van der Waals surface area contributed by atoms with E-state index in [4.69, 9.17) is 23.2 Å². The van der Waals surface area contributed by atoms with E-state index >= 15 is 0 Å². The zero-order valence-corrected chi connectivity index (χ0v) is 16.4. The molecule has 1 aromatic carbocycles. The van der Waals surface area contributed by atoms with Gasteiger partial charge in [-0.3, -0.25) is 9.48 Å². The molecule has 6 nitrogen and oxygen atoms in total. The van der Waals surface area contributed by atoms with Crippen LogP contribution in [0, 0.1) is 0 Å². The minimum atomic E-state index is -0.655. The second-order valence-electron chi connectivity index (χ2n) is 6.35. The van der Waals surface area contributed by atoms with E-state index in [9.17, 15) is 9.18 Å². The van der Waals surface area contributed by atoms with Crippen molar-refractivity contribution in [3.8, 4) is 11.1 Å². The molecule has 0 saturated carbocycles. The van der Waals surface area contributed by atoms with Crippen molar-refractivity contribution in [1.82, 2.24) is 14.8 Å².